The molecule has 0 spiro atoms. The van der Waals surface area contributed by atoms with Crippen LogP contribution in [0.1, 0.15) is 37.1 Å². The number of aromatic nitrogens is 2. The molecule has 0 saturated carbocycles. The lowest BCUT2D eigenvalue weighted by atomic mass is 9.95. The van der Waals surface area contributed by atoms with Crippen LogP contribution in [-0.2, 0) is 24.4 Å². The highest BCUT2D eigenvalue weighted by Gasteiger charge is 2.45. The fourth-order valence-corrected chi connectivity index (χ4v) is 5.74. The predicted octanol–water partition coefficient (Wildman–Crippen LogP) is 2.80. The van der Waals surface area contributed by atoms with E-state index in [4.69, 9.17) is 4.74 Å². The molecule has 11 heteroatoms. The lowest BCUT2D eigenvalue weighted by molar-refractivity contribution is -0.00221. The van der Waals surface area contributed by atoms with Crippen LogP contribution in [0.5, 0.6) is 0 Å². The Morgan fingerprint density at radius 2 is 1.96 bits per heavy atom. The minimum absolute atomic E-state index is 0.0274. The van der Waals surface area contributed by atoms with Crippen LogP contribution in [0.4, 0.5) is 8.78 Å². The van der Waals surface area contributed by atoms with Crippen molar-refractivity contribution in [1.29, 1.82) is 0 Å². The Bertz CT molecular complexity index is 1080. The van der Waals surface area contributed by atoms with Gasteiger partial charge in [0.05, 0.1) is 15.3 Å². The van der Waals surface area contributed by atoms with Crippen molar-refractivity contribution < 1.29 is 30.4 Å². The van der Waals surface area contributed by atoms with E-state index in [1.165, 1.54) is 6.07 Å². The monoisotopic (exact) mass is 434 g/mol. The van der Waals surface area contributed by atoms with Crippen LogP contribution in [0.3, 0.4) is 0 Å². The smallest absolute Gasteiger partial charge is 0.342 e. The minimum atomic E-state index is -4.85. The summed E-state index contributed by atoms with van der Waals surface area (Å²) >= 11 is 0. The van der Waals surface area contributed by atoms with Crippen molar-refractivity contribution in [3.63, 3.8) is 0 Å². The average Bonchev–Trinajstić information content (AvgIpc) is 3.12. The van der Waals surface area contributed by atoms with Gasteiger partial charge in [-0.1, -0.05) is 12.1 Å². The van der Waals surface area contributed by atoms with E-state index >= 15 is 0 Å². The number of alkyl halides is 2. The molecular formula is C17H20F2N2O5S2. The first kappa shape index (κ1) is 20.9. The molecule has 0 radical (unpaired) electrons. The summed E-state index contributed by atoms with van der Waals surface area (Å²) in [5.41, 5.74) is 0.952. The van der Waals surface area contributed by atoms with Gasteiger partial charge in [-0.15, -0.1) is 0 Å². The number of rotatable bonds is 5. The first-order valence-electron chi connectivity index (χ1n) is 8.48. The molecule has 1 aliphatic heterocycles. The van der Waals surface area contributed by atoms with Crippen molar-refractivity contribution in [3.8, 4) is 0 Å². The molecule has 0 amide bonds. The molecule has 154 valence electrons. The molecule has 28 heavy (non-hydrogen) atoms. The predicted molar refractivity (Wildman–Crippen MR) is 96.5 cm³/mol. The number of hydrogen-bond donors (Lipinski definition) is 1. The number of benzene rings is 1. The van der Waals surface area contributed by atoms with E-state index in [-0.39, 0.29) is 30.0 Å². The highest BCUT2D eigenvalue weighted by molar-refractivity contribution is 7.92. The van der Waals surface area contributed by atoms with Gasteiger partial charge in [-0.05, 0) is 44.4 Å². The van der Waals surface area contributed by atoms with E-state index in [0.29, 0.717) is 0 Å². The summed E-state index contributed by atoms with van der Waals surface area (Å²) in [5.74, 6) is -3.59. The number of aromatic amines is 1. The van der Waals surface area contributed by atoms with Gasteiger partial charge >= 0.3 is 5.76 Å². The molecule has 3 rings (SSSR count). The Kier molecular flexibility index (Phi) is 5.36. The van der Waals surface area contributed by atoms with Crippen LogP contribution in [0, 0.1) is 6.92 Å². The van der Waals surface area contributed by atoms with Gasteiger partial charge in [0.15, 0.2) is 14.9 Å². The summed E-state index contributed by atoms with van der Waals surface area (Å²) in [5, 5.41) is 5.04. The Morgan fingerprint density at radius 3 is 2.61 bits per heavy atom. The maximum atomic E-state index is 13.2. The number of ether oxygens (including phenoxy) is 1. The molecule has 1 fully saturated rings. The normalized spacial score (nSPS) is 23.8. The fourth-order valence-electron chi connectivity index (χ4n) is 3.20. The number of aryl methyl sites for hydroxylation is 1. The summed E-state index contributed by atoms with van der Waals surface area (Å²) in [6, 6.07) is 7.55. The van der Waals surface area contributed by atoms with Gasteiger partial charge in [-0.3, -0.25) is 5.10 Å². The maximum absolute atomic E-state index is 13.2. The van der Waals surface area contributed by atoms with Gasteiger partial charge in [0.2, 0.25) is 0 Å². The number of H-pyrrole nitrogens is 1. The van der Waals surface area contributed by atoms with Gasteiger partial charge in [0.1, 0.15) is 6.10 Å². The third-order valence-electron chi connectivity index (χ3n) is 4.96. The molecule has 7 nitrogen and oxygen atoms in total. The topological polar surface area (TPSA) is 106 Å². The second-order valence-electron chi connectivity index (χ2n) is 7.05. The van der Waals surface area contributed by atoms with Crippen molar-refractivity contribution in [1.82, 2.24) is 10.2 Å². The SMILES string of the molecule is Cc1cccc(S(=O)(=O)[C@@]2(C)CCO[C@@H](c3cc(S(=O)(=O)C(F)F)n[nH]3)C2)c1. The van der Waals surface area contributed by atoms with Gasteiger partial charge < -0.3 is 4.74 Å². The van der Waals surface area contributed by atoms with E-state index in [1.54, 1.807) is 32.0 Å². The van der Waals surface area contributed by atoms with Crippen molar-refractivity contribution in [2.75, 3.05) is 6.61 Å². The van der Waals surface area contributed by atoms with Gasteiger partial charge in [-0.2, -0.15) is 13.9 Å². The minimum Gasteiger partial charge on any atom is -0.372 e. The summed E-state index contributed by atoms with van der Waals surface area (Å²) in [6.07, 6.45) is -0.539. The third-order valence-corrected chi connectivity index (χ3v) is 8.77. The average molecular weight is 434 g/mol. The molecule has 1 saturated heterocycles. The van der Waals surface area contributed by atoms with Gasteiger partial charge in [0.25, 0.3) is 9.84 Å². The van der Waals surface area contributed by atoms with Gasteiger partial charge in [-0.25, -0.2) is 16.8 Å². The number of nitrogens with one attached hydrogen (secondary N) is 1. The van der Waals surface area contributed by atoms with E-state index in [0.717, 1.165) is 11.6 Å². The molecule has 1 aromatic heterocycles. The Hall–Kier alpha value is -1.85. The molecule has 1 aromatic carbocycles. The molecular weight excluding hydrogens is 414 g/mol. The van der Waals surface area contributed by atoms with Crippen LogP contribution >= 0.6 is 0 Å². The number of nitrogens with zero attached hydrogens (tertiary/aromatic N) is 1. The van der Waals surface area contributed by atoms with Crippen LogP contribution < -0.4 is 0 Å². The first-order chi connectivity index (χ1) is 13.0. The molecule has 0 bridgehead atoms. The molecule has 2 heterocycles. The zero-order chi connectivity index (χ0) is 20.7. The van der Waals surface area contributed by atoms with Crippen LogP contribution in [0.25, 0.3) is 0 Å². The standard InChI is InChI=1S/C17H20F2N2O5S2/c1-11-4-3-5-12(8-11)28(24,25)17(2)6-7-26-14(10-17)13-9-15(21-20-13)27(22,23)16(18)19/h3-5,8-9,14,16H,6-7,10H2,1-2H3,(H,20,21)/t14-,17+/m1/s1. The number of hydrogen-bond acceptors (Lipinski definition) is 6. The Labute approximate surface area is 161 Å². The fraction of sp³-hybridized carbons (Fsp3) is 0.471. The highest BCUT2D eigenvalue weighted by atomic mass is 32.2. The second kappa shape index (κ2) is 7.20. The van der Waals surface area contributed by atoms with Crippen LogP contribution in [0.2, 0.25) is 0 Å². The van der Waals surface area contributed by atoms with E-state index in [2.05, 4.69) is 10.2 Å². The summed E-state index contributed by atoms with van der Waals surface area (Å²) in [6.45, 7) is 3.51. The van der Waals surface area contributed by atoms with Crippen molar-refractivity contribution >= 4 is 19.7 Å². The zero-order valence-electron chi connectivity index (χ0n) is 15.2. The Morgan fingerprint density at radius 1 is 1.25 bits per heavy atom. The van der Waals surface area contributed by atoms with Crippen molar-refractivity contribution in [2.24, 2.45) is 0 Å². The molecule has 1 N–H and O–H groups in total. The number of sulfone groups is 2. The second-order valence-corrected chi connectivity index (χ2v) is 11.4. The van der Waals surface area contributed by atoms with Crippen LogP contribution in [-0.4, -0.2) is 44.1 Å². The lowest BCUT2D eigenvalue weighted by Crippen LogP contribution is -2.42. The third kappa shape index (κ3) is 3.58. The molecule has 0 aliphatic carbocycles. The number of halogens is 2. The molecule has 1 aliphatic rings. The quantitative estimate of drug-likeness (QED) is 0.776. The summed E-state index contributed by atoms with van der Waals surface area (Å²) in [4.78, 5) is 0.196. The van der Waals surface area contributed by atoms with Crippen molar-refractivity contribution in [3.05, 3.63) is 41.6 Å². The summed E-state index contributed by atoms with van der Waals surface area (Å²) in [7, 11) is -8.56. The zero-order valence-corrected chi connectivity index (χ0v) is 16.9. The van der Waals surface area contributed by atoms with E-state index in [9.17, 15) is 25.6 Å². The van der Waals surface area contributed by atoms with Crippen LogP contribution in [0.15, 0.2) is 40.3 Å². The van der Waals surface area contributed by atoms with Gasteiger partial charge in [0, 0.05) is 12.7 Å². The summed E-state index contributed by atoms with van der Waals surface area (Å²) < 4.78 is 79.4. The van der Waals surface area contributed by atoms with Crippen molar-refractivity contribution in [2.45, 2.75) is 53.2 Å². The lowest BCUT2D eigenvalue weighted by Gasteiger charge is -2.37. The van der Waals surface area contributed by atoms with E-state index in [1.807, 2.05) is 0 Å². The largest absolute Gasteiger partial charge is 0.372 e. The van der Waals surface area contributed by atoms with E-state index < -0.39 is 41.3 Å². The highest BCUT2D eigenvalue weighted by Crippen LogP contribution is 2.41. The molecule has 2 aromatic rings. The molecule has 0 unspecified atom stereocenters. The Balaban J connectivity index is 1.91. The molecule has 2 atom stereocenters. The first-order valence-corrected chi connectivity index (χ1v) is 11.5. The maximum Gasteiger partial charge on any atom is 0.342 e.